The first-order chi connectivity index (χ1) is 11.2. The zero-order valence-electron chi connectivity index (χ0n) is 12.6. The fourth-order valence-corrected chi connectivity index (χ4v) is 2.75. The smallest absolute Gasteiger partial charge is 0.427 e. The maximum Gasteiger partial charge on any atom is 0.433 e. The second-order valence-electron chi connectivity index (χ2n) is 5.71. The Hall–Kier alpha value is -1.91. The van der Waals surface area contributed by atoms with Gasteiger partial charge in [0.25, 0.3) is 0 Å². The summed E-state index contributed by atoms with van der Waals surface area (Å²) in [5, 5.41) is 2.35. The summed E-state index contributed by atoms with van der Waals surface area (Å²) in [5.41, 5.74) is -3.81. The quantitative estimate of drug-likeness (QED) is 0.804. The van der Waals surface area contributed by atoms with Crippen LogP contribution in [-0.2, 0) is 15.1 Å². The lowest BCUT2D eigenvalue weighted by molar-refractivity contribution is -0.262. The molecule has 1 aromatic carbocycles. The van der Waals surface area contributed by atoms with Crippen molar-refractivity contribution in [2.24, 2.45) is 0 Å². The van der Waals surface area contributed by atoms with Crippen molar-refractivity contribution in [3.05, 3.63) is 28.8 Å². The van der Waals surface area contributed by atoms with Gasteiger partial charge in [-0.2, -0.15) is 13.2 Å². The number of halogens is 4. The number of hydrogen-bond donors (Lipinski definition) is 1. The van der Waals surface area contributed by atoms with Crippen LogP contribution in [0.15, 0.2) is 18.2 Å². The van der Waals surface area contributed by atoms with Crippen LogP contribution in [0.1, 0.15) is 24.8 Å². The van der Waals surface area contributed by atoms with E-state index in [0.29, 0.717) is 12.8 Å². The molecular formula is C16H13ClF3NO3. The number of rotatable bonds is 2. The fraction of sp³-hybridized carbons (Fsp3) is 0.438. The summed E-state index contributed by atoms with van der Waals surface area (Å²) in [7, 11) is 1.46. The Balaban J connectivity index is 2.07. The first kappa shape index (κ1) is 16.9. The number of carbonyl (C=O) groups is 1. The number of cyclic esters (lactones) is 1. The molecule has 0 radical (unpaired) electrons. The molecule has 1 N–H and O–H groups in total. The molecule has 4 nitrogen and oxygen atoms in total. The van der Waals surface area contributed by atoms with Crippen molar-refractivity contribution in [2.75, 3.05) is 12.4 Å². The molecule has 1 aromatic rings. The minimum absolute atomic E-state index is 0.00246. The second kappa shape index (κ2) is 5.57. The Labute approximate surface area is 141 Å². The van der Waals surface area contributed by atoms with Crippen LogP contribution >= 0.6 is 11.6 Å². The molecule has 128 valence electrons. The minimum atomic E-state index is -4.86. The van der Waals surface area contributed by atoms with Crippen molar-refractivity contribution in [2.45, 2.75) is 36.6 Å². The van der Waals surface area contributed by atoms with E-state index in [9.17, 15) is 18.0 Å². The molecule has 3 rings (SSSR count). The summed E-state index contributed by atoms with van der Waals surface area (Å²) in [4.78, 5) is 11.7. The zero-order valence-corrected chi connectivity index (χ0v) is 13.3. The van der Waals surface area contributed by atoms with Crippen LogP contribution in [0.5, 0.6) is 0 Å². The molecule has 0 unspecified atom stereocenters. The standard InChI is InChI=1S/C16H13ClF3NO3/c1-23-14(7-8-14)5-2-6-15(16(18,19)20)11-9-10(17)3-4-12(11)21-13(22)24-15/h3-4,9H,6-8H2,1H3,(H,21,22)/t15-/m0/s1. The van der Waals surface area contributed by atoms with E-state index in [4.69, 9.17) is 21.1 Å². The third-order valence-corrected chi connectivity index (χ3v) is 4.36. The average molecular weight is 360 g/mol. The number of carbonyl (C=O) groups excluding carboxylic acids is 1. The molecule has 0 aromatic heterocycles. The van der Waals surface area contributed by atoms with Crippen LogP contribution in [-0.4, -0.2) is 25.0 Å². The largest absolute Gasteiger partial charge is 0.433 e. The van der Waals surface area contributed by atoms with Gasteiger partial charge in [0.2, 0.25) is 5.60 Å². The predicted molar refractivity (Wildman–Crippen MR) is 80.7 cm³/mol. The zero-order chi connectivity index (χ0) is 17.6. The molecular weight excluding hydrogens is 347 g/mol. The van der Waals surface area contributed by atoms with E-state index < -0.39 is 29.9 Å². The molecule has 0 saturated heterocycles. The van der Waals surface area contributed by atoms with Gasteiger partial charge in [-0.05, 0) is 31.0 Å². The lowest BCUT2D eigenvalue weighted by atomic mass is 9.87. The SMILES string of the molecule is COC1(C#CC[C@]2(C(F)(F)F)OC(=O)Nc3ccc(Cl)cc32)CC1. The minimum Gasteiger partial charge on any atom is -0.427 e. The molecule has 1 aliphatic heterocycles. The third kappa shape index (κ3) is 2.80. The molecule has 2 aliphatic rings. The van der Waals surface area contributed by atoms with Gasteiger partial charge in [-0.1, -0.05) is 23.4 Å². The molecule has 8 heteroatoms. The molecule has 0 spiro atoms. The van der Waals surface area contributed by atoms with E-state index in [2.05, 4.69) is 17.2 Å². The van der Waals surface area contributed by atoms with Crippen LogP contribution in [0.2, 0.25) is 5.02 Å². The number of amides is 1. The number of methoxy groups -OCH3 is 1. The van der Waals surface area contributed by atoms with Crippen molar-refractivity contribution < 1.29 is 27.4 Å². The van der Waals surface area contributed by atoms with Gasteiger partial charge in [0, 0.05) is 17.7 Å². The van der Waals surface area contributed by atoms with E-state index in [1.54, 1.807) is 0 Å². The first-order valence-corrected chi connectivity index (χ1v) is 7.51. The fourth-order valence-electron chi connectivity index (χ4n) is 2.57. The average Bonchev–Trinajstić information content (AvgIpc) is 3.27. The Morgan fingerprint density at radius 3 is 2.71 bits per heavy atom. The summed E-state index contributed by atoms with van der Waals surface area (Å²) >= 11 is 5.84. The Morgan fingerprint density at radius 2 is 2.12 bits per heavy atom. The number of ether oxygens (including phenoxy) is 2. The molecule has 1 aliphatic carbocycles. The van der Waals surface area contributed by atoms with Crippen LogP contribution in [0.25, 0.3) is 0 Å². The van der Waals surface area contributed by atoms with Gasteiger partial charge in [0.05, 0.1) is 12.1 Å². The summed E-state index contributed by atoms with van der Waals surface area (Å²) in [5.74, 6) is 5.20. The van der Waals surface area contributed by atoms with Crippen molar-refractivity contribution in [1.29, 1.82) is 0 Å². The monoisotopic (exact) mass is 359 g/mol. The Bertz CT molecular complexity index is 749. The highest BCUT2D eigenvalue weighted by atomic mass is 35.5. The molecule has 1 heterocycles. The lowest BCUT2D eigenvalue weighted by Gasteiger charge is -2.38. The highest BCUT2D eigenvalue weighted by Crippen LogP contribution is 2.50. The van der Waals surface area contributed by atoms with E-state index in [1.165, 1.54) is 19.2 Å². The molecule has 1 atom stereocenters. The van der Waals surface area contributed by atoms with E-state index in [-0.39, 0.29) is 16.3 Å². The van der Waals surface area contributed by atoms with Crippen molar-refractivity contribution >= 4 is 23.4 Å². The number of fused-ring (bicyclic) bond motifs is 1. The van der Waals surface area contributed by atoms with E-state index in [1.807, 2.05) is 0 Å². The number of hydrogen-bond acceptors (Lipinski definition) is 3. The second-order valence-corrected chi connectivity index (χ2v) is 6.14. The number of anilines is 1. The number of alkyl halides is 3. The summed E-state index contributed by atoms with van der Waals surface area (Å²) in [6, 6.07) is 3.83. The van der Waals surface area contributed by atoms with E-state index in [0.717, 1.165) is 6.07 Å². The van der Waals surface area contributed by atoms with Crippen molar-refractivity contribution in [3.8, 4) is 11.8 Å². The third-order valence-electron chi connectivity index (χ3n) is 4.13. The van der Waals surface area contributed by atoms with Gasteiger partial charge in [0.15, 0.2) is 0 Å². The van der Waals surface area contributed by atoms with Gasteiger partial charge < -0.3 is 9.47 Å². The van der Waals surface area contributed by atoms with Gasteiger partial charge >= 0.3 is 12.3 Å². The first-order valence-electron chi connectivity index (χ1n) is 7.13. The van der Waals surface area contributed by atoms with Crippen LogP contribution in [0.4, 0.5) is 23.7 Å². The molecule has 1 saturated carbocycles. The maximum atomic E-state index is 13.9. The molecule has 1 fully saturated rings. The topological polar surface area (TPSA) is 47.6 Å². The van der Waals surface area contributed by atoms with Crippen LogP contribution in [0, 0.1) is 11.8 Å². The number of nitrogens with one attached hydrogen (secondary N) is 1. The van der Waals surface area contributed by atoms with Crippen molar-refractivity contribution in [3.63, 3.8) is 0 Å². The van der Waals surface area contributed by atoms with Crippen LogP contribution < -0.4 is 5.32 Å². The predicted octanol–water partition coefficient (Wildman–Crippen LogP) is 4.23. The summed E-state index contributed by atoms with van der Waals surface area (Å²) in [6.45, 7) is 0. The van der Waals surface area contributed by atoms with Gasteiger partial charge in [-0.15, -0.1) is 0 Å². The number of benzene rings is 1. The highest BCUT2D eigenvalue weighted by Gasteiger charge is 2.62. The Kier molecular flexibility index (Phi) is 3.93. The van der Waals surface area contributed by atoms with Crippen LogP contribution in [0.3, 0.4) is 0 Å². The van der Waals surface area contributed by atoms with Gasteiger partial charge in [-0.25, -0.2) is 4.79 Å². The van der Waals surface area contributed by atoms with E-state index >= 15 is 0 Å². The molecule has 0 bridgehead atoms. The van der Waals surface area contributed by atoms with Crippen molar-refractivity contribution in [1.82, 2.24) is 0 Å². The maximum absolute atomic E-state index is 13.9. The lowest BCUT2D eigenvalue weighted by Crippen LogP contribution is -2.50. The van der Waals surface area contributed by atoms with Gasteiger partial charge in [-0.3, -0.25) is 5.32 Å². The normalized spacial score (nSPS) is 24.1. The highest BCUT2D eigenvalue weighted by molar-refractivity contribution is 6.30. The molecule has 24 heavy (non-hydrogen) atoms. The summed E-state index contributed by atoms with van der Waals surface area (Å²) < 4.78 is 51.4. The summed E-state index contributed by atoms with van der Waals surface area (Å²) in [6.07, 6.45) is -5.44. The van der Waals surface area contributed by atoms with Gasteiger partial charge in [0.1, 0.15) is 5.60 Å². The molecule has 1 amide bonds. The Morgan fingerprint density at radius 1 is 1.42 bits per heavy atom.